The fourth-order valence-electron chi connectivity index (χ4n) is 4.70. The maximum absolute atomic E-state index is 13.5. The number of aryl methyl sites for hydroxylation is 1. The molecule has 1 unspecified atom stereocenters. The molecule has 2 heterocycles. The number of benzene rings is 3. The number of Topliss-reactive ketones (excluding diaryl/α,β-unsaturated/α-hetero) is 1. The molecule has 1 atom stereocenters. The summed E-state index contributed by atoms with van der Waals surface area (Å²) in [7, 11) is 1.42. The molecule has 5 rings (SSSR count). The number of aliphatic hydroxyl groups is 1. The lowest BCUT2D eigenvalue weighted by Gasteiger charge is -2.26. The van der Waals surface area contributed by atoms with Crippen LogP contribution in [0.15, 0.2) is 66.2 Å². The zero-order chi connectivity index (χ0) is 25.7. The molecule has 36 heavy (non-hydrogen) atoms. The second-order valence-corrected chi connectivity index (χ2v) is 9.58. The van der Waals surface area contributed by atoms with Crippen molar-refractivity contribution in [1.29, 1.82) is 0 Å². The number of nitrogens with zero attached hydrogens (tertiary/aromatic N) is 1. The Hall–Kier alpha value is -3.45. The largest absolute Gasteiger partial charge is 0.507 e. The van der Waals surface area contributed by atoms with Crippen LogP contribution in [0, 0.1) is 6.92 Å². The molecule has 1 aliphatic heterocycles. The number of anilines is 1. The number of methoxy groups -OCH3 is 1. The normalized spacial score (nSPS) is 17.2. The van der Waals surface area contributed by atoms with Gasteiger partial charge in [0.2, 0.25) is 0 Å². The highest BCUT2D eigenvalue weighted by Gasteiger charge is 2.48. The van der Waals surface area contributed by atoms with Gasteiger partial charge in [-0.2, -0.15) is 0 Å². The van der Waals surface area contributed by atoms with E-state index in [1.54, 1.807) is 24.3 Å². The molecule has 0 saturated carbocycles. The summed E-state index contributed by atoms with van der Waals surface area (Å²) in [5.74, 6) is -1.80. The number of amides is 1. The molecular weight excluding hydrogens is 523 g/mol. The van der Waals surface area contributed by atoms with Gasteiger partial charge in [0.15, 0.2) is 5.75 Å². The number of halogens is 3. The van der Waals surface area contributed by atoms with Crippen molar-refractivity contribution in [1.82, 2.24) is 4.98 Å². The van der Waals surface area contributed by atoms with Gasteiger partial charge in [0.05, 0.1) is 28.8 Å². The van der Waals surface area contributed by atoms with E-state index in [0.29, 0.717) is 16.3 Å². The number of aromatic amines is 1. The summed E-state index contributed by atoms with van der Waals surface area (Å²) < 4.78 is 5.20. The Kier molecular flexibility index (Phi) is 6.20. The Balaban J connectivity index is 1.82. The fourth-order valence-corrected chi connectivity index (χ4v) is 5.52. The molecule has 6 nitrogen and oxygen atoms in total. The second-order valence-electron chi connectivity index (χ2n) is 8.33. The van der Waals surface area contributed by atoms with E-state index in [1.165, 1.54) is 24.1 Å². The minimum Gasteiger partial charge on any atom is -0.507 e. The van der Waals surface area contributed by atoms with E-state index < -0.39 is 23.5 Å². The maximum atomic E-state index is 13.5. The zero-order valence-corrected chi connectivity index (χ0v) is 21.4. The number of nitrogens with one attached hydrogen (secondary N) is 1. The average molecular weight is 542 g/mol. The molecule has 0 radical (unpaired) electrons. The van der Waals surface area contributed by atoms with E-state index in [9.17, 15) is 14.7 Å². The molecule has 3 aromatic carbocycles. The van der Waals surface area contributed by atoms with Crippen LogP contribution in [-0.4, -0.2) is 28.9 Å². The van der Waals surface area contributed by atoms with E-state index in [1.807, 2.05) is 31.2 Å². The van der Waals surface area contributed by atoms with Gasteiger partial charge in [-0.15, -0.1) is 0 Å². The number of hydrogen-bond donors (Lipinski definition) is 2. The molecule has 1 aromatic heterocycles. The van der Waals surface area contributed by atoms with Crippen molar-refractivity contribution in [2.24, 2.45) is 0 Å². The molecule has 2 N–H and O–H groups in total. The lowest BCUT2D eigenvalue weighted by atomic mass is 9.93. The topological polar surface area (TPSA) is 82.6 Å². The highest BCUT2D eigenvalue weighted by atomic mass is 35.5. The van der Waals surface area contributed by atoms with Crippen LogP contribution in [0.3, 0.4) is 0 Å². The van der Waals surface area contributed by atoms with E-state index in [4.69, 9.17) is 39.5 Å². The van der Waals surface area contributed by atoms with Crippen LogP contribution in [-0.2, 0) is 9.59 Å². The number of carbonyl (C=O) groups excluding carboxylic acids is 2. The molecule has 0 aliphatic carbocycles. The number of rotatable bonds is 4. The van der Waals surface area contributed by atoms with Gasteiger partial charge in [-0.1, -0.05) is 59.1 Å². The van der Waals surface area contributed by atoms with Gasteiger partial charge < -0.3 is 14.8 Å². The quantitative estimate of drug-likeness (QED) is 0.164. The van der Waals surface area contributed by atoms with Gasteiger partial charge in [-0.25, -0.2) is 0 Å². The van der Waals surface area contributed by atoms with E-state index >= 15 is 0 Å². The second kappa shape index (κ2) is 9.21. The summed E-state index contributed by atoms with van der Waals surface area (Å²) in [6, 6.07) is 16.1. The Morgan fingerprint density at radius 1 is 1.00 bits per heavy atom. The van der Waals surface area contributed by atoms with Crippen molar-refractivity contribution >= 4 is 68.8 Å². The van der Waals surface area contributed by atoms with Crippen LogP contribution in [0.1, 0.15) is 22.9 Å². The van der Waals surface area contributed by atoms with E-state index in [0.717, 1.165) is 16.6 Å². The Morgan fingerprint density at radius 2 is 1.69 bits per heavy atom. The number of para-hydroxylation sites is 1. The van der Waals surface area contributed by atoms with E-state index in [2.05, 4.69) is 4.98 Å². The number of hydrogen-bond acceptors (Lipinski definition) is 4. The van der Waals surface area contributed by atoms with Gasteiger partial charge >= 0.3 is 0 Å². The highest BCUT2D eigenvalue weighted by Crippen LogP contribution is 2.46. The van der Waals surface area contributed by atoms with Gasteiger partial charge in [0.1, 0.15) is 5.76 Å². The molecular formula is C27H19Cl3N2O4. The van der Waals surface area contributed by atoms with Crippen molar-refractivity contribution < 1.29 is 19.4 Å². The molecule has 1 fully saturated rings. The van der Waals surface area contributed by atoms with Gasteiger partial charge in [0.25, 0.3) is 11.7 Å². The smallest absolute Gasteiger partial charge is 0.300 e. The van der Waals surface area contributed by atoms with Crippen molar-refractivity contribution in [2.75, 3.05) is 12.0 Å². The predicted molar refractivity (Wildman–Crippen MR) is 142 cm³/mol. The first-order chi connectivity index (χ1) is 17.2. The lowest BCUT2D eigenvalue weighted by molar-refractivity contribution is -0.132. The average Bonchev–Trinajstić information content (AvgIpc) is 3.30. The minimum absolute atomic E-state index is 0.0925. The Labute approximate surface area is 221 Å². The third-order valence-corrected chi connectivity index (χ3v) is 7.02. The highest BCUT2D eigenvalue weighted by molar-refractivity contribution is 6.52. The summed E-state index contributed by atoms with van der Waals surface area (Å²) in [6.07, 6.45) is 0. The van der Waals surface area contributed by atoms with Crippen LogP contribution in [0.5, 0.6) is 5.75 Å². The molecule has 0 bridgehead atoms. The summed E-state index contributed by atoms with van der Waals surface area (Å²) in [4.78, 5) is 31.6. The van der Waals surface area contributed by atoms with Crippen LogP contribution in [0.4, 0.5) is 5.69 Å². The monoisotopic (exact) mass is 540 g/mol. The van der Waals surface area contributed by atoms with E-state index in [-0.39, 0.29) is 26.9 Å². The number of aliphatic hydroxyl groups excluding tert-OH is 1. The SMILES string of the molecule is COc1c(Cl)cc(/C(O)=C2\C(=O)C(=O)N(c3cccc(Cl)c3)C2c2c(C)[nH]c3ccccc23)cc1Cl. The number of carbonyl (C=O) groups is 2. The number of aromatic nitrogens is 1. The summed E-state index contributed by atoms with van der Waals surface area (Å²) in [6.45, 7) is 1.86. The number of H-pyrrole nitrogens is 1. The van der Waals surface area contributed by atoms with Crippen LogP contribution >= 0.6 is 34.8 Å². The number of ketones is 1. The standard InChI is InChI=1S/C27H19Cl3N2O4/c1-13-21(17-8-3-4-9-20(17)31-13)23-22(24(33)14-10-18(29)26(36-2)19(30)11-14)25(34)27(35)32(23)16-7-5-6-15(28)12-16/h3-12,23,31,33H,1-2H3/b24-22+. The zero-order valence-electron chi connectivity index (χ0n) is 19.1. The third kappa shape index (κ3) is 3.82. The van der Waals surface area contributed by atoms with Crippen LogP contribution < -0.4 is 9.64 Å². The summed E-state index contributed by atoms with van der Waals surface area (Å²) in [5, 5.41) is 13.0. The first-order valence-electron chi connectivity index (χ1n) is 10.9. The number of fused-ring (bicyclic) bond motifs is 1. The fraction of sp³-hybridized carbons (Fsp3) is 0.111. The summed E-state index contributed by atoms with van der Waals surface area (Å²) >= 11 is 18.8. The van der Waals surface area contributed by atoms with Crippen molar-refractivity contribution in [3.63, 3.8) is 0 Å². The van der Waals surface area contributed by atoms with Gasteiger partial charge in [-0.05, 0) is 43.3 Å². The van der Waals surface area contributed by atoms with Crippen molar-refractivity contribution in [3.8, 4) is 5.75 Å². The van der Waals surface area contributed by atoms with Crippen LogP contribution in [0.2, 0.25) is 15.1 Å². The minimum atomic E-state index is -0.945. The van der Waals surface area contributed by atoms with Gasteiger partial charge in [0, 0.05) is 38.4 Å². The van der Waals surface area contributed by atoms with Crippen LogP contribution in [0.25, 0.3) is 16.7 Å². The first-order valence-corrected chi connectivity index (χ1v) is 12.0. The van der Waals surface area contributed by atoms with Crippen molar-refractivity contribution in [3.05, 3.63) is 98.1 Å². The Bertz CT molecular complexity index is 1570. The molecule has 0 spiro atoms. The molecule has 1 saturated heterocycles. The first kappa shape index (κ1) is 24.3. The molecule has 1 aliphatic rings. The summed E-state index contributed by atoms with van der Waals surface area (Å²) in [5.41, 5.74) is 2.76. The molecule has 9 heteroatoms. The maximum Gasteiger partial charge on any atom is 0.300 e. The predicted octanol–water partition coefficient (Wildman–Crippen LogP) is 7.07. The third-order valence-electron chi connectivity index (χ3n) is 6.22. The number of ether oxygens (including phenoxy) is 1. The lowest BCUT2D eigenvalue weighted by Crippen LogP contribution is -2.29. The molecule has 4 aromatic rings. The van der Waals surface area contributed by atoms with Gasteiger partial charge in [-0.3, -0.25) is 14.5 Å². The molecule has 1 amide bonds. The Morgan fingerprint density at radius 3 is 2.36 bits per heavy atom. The van der Waals surface area contributed by atoms with Crippen molar-refractivity contribution in [2.45, 2.75) is 13.0 Å². The molecule has 182 valence electrons.